The molecular weight excluding hydrogens is 448 g/mol. The van der Waals surface area contributed by atoms with Gasteiger partial charge in [0.25, 0.3) is 0 Å². The predicted molar refractivity (Wildman–Crippen MR) is 124 cm³/mol. The predicted octanol–water partition coefficient (Wildman–Crippen LogP) is 3.43. The quantitative estimate of drug-likeness (QED) is 0.511. The van der Waals surface area contributed by atoms with E-state index >= 15 is 0 Å². The van der Waals surface area contributed by atoms with E-state index in [-0.39, 0.29) is 4.86 Å². The molecule has 166 valence electrons. The number of hydrogen-bond donors (Lipinski definition) is 1. The molecule has 1 N–H and O–H groups in total. The zero-order chi connectivity index (χ0) is 22.7. The number of aromatic nitrogens is 1. The maximum Gasteiger partial charge on any atom is 0.318 e. The van der Waals surface area contributed by atoms with Crippen LogP contribution in [0.3, 0.4) is 0 Å². The molecule has 2 aliphatic rings. The Morgan fingerprint density at radius 1 is 1.22 bits per heavy atom. The molecule has 7 nitrogen and oxygen atoms in total. The van der Waals surface area contributed by atoms with E-state index in [2.05, 4.69) is 5.32 Å². The van der Waals surface area contributed by atoms with Gasteiger partial charge in [0, 0.05) is 23.7 Å². The Hall–Kier alpha value is -3.17. The van der Waals surface area contributed by atoms with Gasteiger partial charge in [-0.2, -0.15) is 8.42 Å². The Kier molecular flexibility index (Phi) is 6.29. The number of ether oxygens (including phenoxy) is 2. The van der Waals surface area contributed by atoms with E-state index in [1.54, 1.807) is 12.3 Å². The fourth-order valence-corrected chi connectivity index (χ4v) is 5.41. The van der Waals surface area contributed by atoms with E-state index in [0.29, 0.717) is 22.7 Å². The lowest BCUT2D eigenvalue weighted by Gasteiger charge is -2.33. The molecule has 0 spiro atoms. The van der Waals surface area contributed by atoms with Gasteiger partial charge in [-0.15, -0.1) is 0 Å². The molecule has 1 aliphatic heterocycles. The summed E-state index contributed by atoms with van der Waals surface area (Å²) in [5.74, 6) is -1.76. The minimum Gasteiger partial charge on any atom is -0.476 e. The van der Waals surface area contributed by atoms with E-state index in [0.717, 1.165) is 4.90 Å². The van der Waals surface area contributed by atoms with Crippen molar-refractivity contribution in [1.82, 2.24) is 9.88 Å². The fraction of sp³-hybridized carbons (Fsp3) is 0.217. The monoisotopic (exact) mass is 470 g/mol. The Balaban J connectivity index is 1.96. The number of benzene rings is 1. The maximum absolute atomic E-state index is 12.7. The first-order valence-corrected chi connectivity index (χ1v) is 11.8. The zero-order valence-corrected chi connectivity index (χ0v) is 19.2. The lowest BCUT2D eigenvalue weighted by atomic mass is 9.94. The van der Waals surface area contributed by atoms with Crippen LogP contribution in [0.2, 0.25) is 0 Å². The lowest BCUT2D eigenvalue weighted by Crippen LogP contribution is -2.46. The molecule has 1 aromatic heterocycles. The van der Waals surface area contributed by atoms with Crippen molar-refractivity contribution in [2.75, 3.05) is 7.11 Å². The number of hydrogen-bond acceptors (Lipinski definition) is 7. The highest BCUT2D eigenvalue weighted by atomic mass is 32.2. The first-order valence-electron chi connectivity index (χ1n) is 9.90. The van der Waals surface area contributed by atoms with Gasteiger partial charge in [0.2, 0.25) is 10.3 Å². The van der Waals surface area contributed by atoms with Gasteiger partial charge >= 0.3 is 5.97 Å². The Labute approximate surface area is 191 Å². The zero-order valence-electron chi connectivity index (χ0n) is 17.5. The third-order valence-corrected chi connectivity index (χ3v) is 7.06. The number of carbonyl (C=O) groups excluding carboxylic acids is 1. The van der Waals surface area contributed by atoms with Crippen LogP contribution in [0.4, 0.5) is 0 Å². The standard InChI is InChI=1S/C23H22N2O5S2/c1-23(11-8-14-30-23)24-19-20(31-16-9-4-3-5-10-16)18(25-12-6-7-13-25)15-17(22(26)29-2)21(19)32(27)28/h3-10,12-15,17,24H,11H2,1-2H3. The minimum absolute atomic E-state index is 0.0806. The Bertz CT molecular complexity index is 1230. The summed E-state index contributed by atoms with van der Waals surface area (Å²) in [7, 11) is -1.45. The molecule has 2 heterocycles. The van der Waals surface area contributed by atoms with Crippen LogP contribution in [0.25, 0.3) is 5.70 Å². The molecule has 32 heavy (non-hydrogen) atoms. The van der Waals surface area contributed by atoms with Crippen molar-refractivity contribution in [3.8, 4) is 0 Å². The number of carbonyl (C=O) groups is 1. The third-order valence-electron chi connectivity index (χ3n) is 5.11. The van der Waals surface area contributed by atoms with Gasteiger partial charge < -0.3 is 19.4 Å². The summed E-state index contributed by atoms with van der Waals surface area (Å²) in [5.41, 5.74) is 0.132. The van der Waals surface area contributed by atoms with Crippen LogP contribution >= 0.6 is 11.8 Å². The smallest absolute Gasteiger partial charge is 0.318 e. The molecule has 4 rings (SSSR count). The molecule has 2 atom stereocenters. The van der Waals surface area contributed by atoms with Crippen molar-refractivity contribution in [3.63, 3.8) is 0 Å². The first-order chi connectivity index (χ1) is 15.4. The van der Waals surface area contributed by atoms with Crippen molar-refractivity contribution >= 4 is 38.6 Å². The van der Waals surface area contributed by atoms with E-state index in [4.69, 9.17) is 9.47 Å². The van der Waals surface area contributed by atoms with Crippen LogP contribution in [-0.2, 0) is 24.6 Å². The van der Waals surface area contributed by atoms with Gasteiger partial charge in [-0.05, 0) is 43.3 Å². The van der Waals surface area contributed by atoms with E-state index in [1.807, 2.05) is 72.4 Å². The molecule has 9 heteroatoms. The summed E-state index contributed by atoms with van der Waals surface area (Å²) in [6.07, 6.45) is 9.28. The van der Waals surface area contributed by atoms with Gasteiger partial charge in [-0.1, -0.05) is 30.0 Å². The third kappa shape index (κ3) is 4.39. The molecular formula is C23H22N2O5S2. The topological polar surface area (TPSA) is 86.6 Å². The Morgan fingerprint density at radius 2 is 1.94 bits per heavy atom. The molecule has 1 aromatic carbocycles. The van der Waals surface area contributed by atoms with Gasteiger partial charge in [-0.3, -0.25) is 4.79 Å². The summed E-state index contributed by atoms with van der Waals surface area (Å²) in [4.78, 5) is 14.1. The summed E-state index contributed by atoms with van der Waals surface area (Å²) < 4.78 is 37.4. The normalized spacial score (nSPS) is 22.4. The van der Waals surface area contributed by atoms with Crippen LogP contribution in [0, 0.1) is 5.92 Å². The lowest BCUT2D eigenvalue weighted by molar-refractivity contribution is -0.141. The average Bonchev–Trinajstić information content (AvgIpc) is 3.46. The van der Waals surface area contributed by atoms with E-state index in [1.165, 1.54) is 18.9 Å². The number of allylic oxidation sites excluding steroid dienone is 2. The van der Waals surface area contributed by atoms with Gasteiger partial charge in [0.15, 0.2) is 5.72 Å². The van der Waals surface area contributed by atoms with Crippen molar-refractivity contribution in [2.24, 2.45) is 5.92 Å². The van der Waals surface area contributed by atoms with Crippen LogP contribution < -0.4 is 5.32 Å². The largest absolute Gasteiger partial charge is 0.476 e. The van der Waals surface area contributed by atoms with Crippen LogP contribution in [0.15, 0.2) is 88.8 Å². The van der Waals surface area contributed by atoms with Crippen molar-refractivity contribution in [2.45, 2.75) is 24.0 Å². The molecule has 1 aliphatic carbocycles. The second-order valence-corrected chi connectivity index (χ2v) is 9.40. The van der Waals surface area contributed by atoms with Crippen LogP contribution in [0.5, 0.6) is 0 Å². The maximum atomic E-state index is 12.7. The van der Waals surface area contributed by atoms with Gasteiger partial charge in [0.1, 0.15) is 10.8 Å². The second-order valence-electron chi connectivity index (χ2n) is 7.41. The van der Waals surface area contributed by atoms with Crippen molar-refractivity contribution in [1.29, 1.82) is 0 Å². The fourth-order valence-electron chi connectivity index (χ4n) is 3.58. The molecule has 0 amide bonds. The summed E-state index contributed by atoms with van der Waals surface area (Å²) in [6.45, 7) is 1.83. The first kappa shape index (κ1) is 22.0. The van der Waals surface area contributed by atoms with Crippen LogP contribution in [0.1, 0.15) is 13.3 Å². The van der Waals surface area contributed by atoms with Crippen LogP contribution in [-0.4, -0.2) is 36.7 Å². The molecule has 0 saturated heterocycles. The summed E-state index contributed by atoms with van der Waals surface area (Å²) in [5, 5.41) is 3.28. The molecule has 0 bridgehead atoms. The Morgan fingerprint density at radius 3 is 2.53 bits per heavy atom. The summed E-state index contributed by atoms with van der Waals surface area (Å²) >= 11 is 1.41. The molecule has 2 unspecified atom stereocenters. The van der Waals surface area contributed by atoms with Gasteiger partial charge in [-0.25, -0.2) is 0 Å². The highest BCUT2D eigenvalue weighted by Gasteiger charge is 2.39. The number of nitrogens with one attached hydrogen (secondary N) is 1. The SMILES string of the molecule is COC(=O)C1C=C(n2cccc2)C(Sc2ccccc2)=C(NC2(C)CC=CO2)C1=S(=O)=O. The molecule has 0 fully saturated rings. The van der Waals surface area contributed by atoms with E-state index < -0.39 is 27.9 Å². The number of rotatable bonds is 6. The average molecular weight is 471 g/mol. The van der Waals surface area contributed by atoms with Gasteiger partial charge in [0.05, 0.1) is 29.7 Å². The number of nitrogens with zero attached hydrogens (tertiary/aromatic N) is 1. The molecule has 0 radical (unpaired) electrons. The van der Waals surface area contributed by atoms with E-state index in [9.17, 15) is 13.2 Å². The number of methoxy groups -OCH3 is 1. The van der Waals surface area contributed by atoms with Crippen molar-refractivity contribution in [3.05, 3.63) is 83.9 Å². The minimum atomic E-state index is -2.69. The van der Waals surface area contributed by atoms with Crippen molar-refractivity contribution < 1.29 is 22.7 Å². The summed E-state index contributed by atoms with van der Waals surface area (Å²) in [6, 6.07) is 13.4. The molecule has 2 aromatic rings. The second kappa shape index (κ2) is 9.13. The molecule has 0 saturated carbocycles. The number of esters is 1. The highest BCUT2D eigenvalue weighted by Crippen LogP contribution is 2.41. The number of thioether (sulfide) groups is 1. The highest BCUT2D eigenvalue weighted by molar-refractivity contribution is 8.03.